The Kier molecular flexibility index (Phi) is 7.03. The van der Waals surface area contributed by atoms with Gasteiger partial charge in [-0.2, -0.15) is 4.98 Å². The molecule has 5 heterocycles. The molecule has 1 aromatic carbocycles. The van der Waals surface area contributed by atoms with Crippen molar-refractivity contribution in [3.8, 4) is 0 Å². The second-order valence-electron chi connectivity index (χ2n) is 10.1. The number of nitrogens with zero attached hydrogens (tertiary/aromatic N) is 6. The Morgan fingerprint density at radius 2 is 1.95 bits per heavy atom. The van der Waals surface area contributed by atoms with Crippen LogP contribution in [0.2, 0.25) is 0 Å². The molecule has 3 aliphatic heterocycles. The summed E-state index contributed by atoms with van der Waals surface area (Å²) in [6, 6.07) is 7.92. The van der Waals surface area contributed by atoms with Crippen LogP contribution in [0.3, 0.4) is 0 Å². The van der Waals surface area contributed by atoms with Gasteiger partial charge in [0.1, 0.15) is 11.3 Å². The molecule has 0 radical (unpaired) electrons. The molecule has 0 bridgehead atoms. The lowest BCUT2D eigenvalue weighted by atomic mass is 10.1. The molecular formula is C28H33N7O4. The number of aryl methyl sites for hydroxylation is 1. The van der Waals surface area contributed by atoms with E-state index in [1.807, 2.05) is 36.1 Å². The normalized spacial score (nSPS) is 18.1. The van der Waals surface area contributed by atoms with Crippen LogP contribution in [0.1, 0.15) is 5.56 Å². The van der Waals surface area contributed by atoms with Gasteiger partial charge in [-0.15, -0.1) is 0 Å². The zero-order valence-electron chi connectivity index (χ0n) is 22.1. The van der Waals surface area contributed by atoms with E-state index in [0.29, 0.717) is 69.9 Å². The Morgan fingerprint density at radius 1 is 1.13 bits per heavy atom. The van der Waals surface area contributed by atoms with Crippen molar-refractivity contribution in [3.63, 3.8) is 0 Å². The van der Waals surface area contributed by atoms with Crippen LogP contribution in [-0.4, -0.2) is 90.5 Å². The van der Waals surface area contributed by atoms with Gasteiger partial charge < -0.3 is 24.6 Å². The number of anilines is 4. The molecular weight excluding hydrogens is 498 g/mol. The van der Waals surface area contributed by atoms with Crippen LogP contribution < -0.4 is 20.7 Å². The van der Waals surface area contributed by atoms with Crippen molar-refractivity contribution < 1.29 is 14.3 Å². The van der Waals surface area contributed by atoms with Crippen LogP contribution in [0.15, 0.2) is 47.9 Å². The van der Waals surface area contributed by atoms with E-state index in [9.17, 15) is 9.59 Å². The minimum absolute atomic E-state index is 0.122. The summed E-state index contributed by atoms with van der Waals surface area (Å²) >= 11 is 0. The molecule has 1 N–H and O–H groups in total. The number of aromatic nitrogens is 3. The minimum atomic E-state index is -0.156. The second-order valence-corrected chi connectivity index (χ2v) is 10.1. The van der Waals surface area contributed by atoms with Gasteiger partial charge in [0.25, 0.3) is 11.5 Å². The van der Waals surface area contributed by atoms with Crippen LogP contribution in [0.5, 0.6) is 0 Å². The molecule has 0 saturated carbocycles. The largest absolute Gasteiger partial charge is 0.379 e. The predicted molar refractivity (Wildman–Crippen MR) is 150 cm³/mol. The van der Waals surface area contributed by atoms with Gasteiger partial charge in [0, 0.05) is 50.9 Å². The molecule has 0 atom stereocenters. The zero-order chi connectivity index (χ0) is 26.9. The van der Waals surface area contributed by atoms with Gasteiger partial charge in [-0.25, -0.2) is 4.98 Å². The lowest BCUT2D eigenvalue weighted by molar-refractivity contribution is -0.114. The van der Waals surface area contributed by atoms with E-state index in [1.54, 1.807) is 15.7 Å². The highest BCUT2D eigenvalue weighted by Gasteiger charge is 2.30. The first-order chi connectivity index (χ1) is 19.0. The monoisotopic (exact) mass is 531 g/mol. The first-order valence-electron chi connectivity index (χ1n) is 13.4. The van der Waals surface area contributed by atoms with Crippen LogP contribution in [0.25, 0.3) is 11.0 Å². The lowest BCUT2D eigenvalue weighted by Crippen LogP contribution is -2.44. The Balaban J connectivity index is 1.43. The fourth-order valence-electron chi connectivity index (χ4n) is 5.41. The number of hydrogen-bond acceptors (Lipinski definition) is 9. The van der Waals surface area contributed by atoms with Crippen LogP contribution in [0, 0.1) is 6.92 Å². The average molecular weight is 532 g/mol. The molecule has 6 rings (SSSR count). The summed E-state index contributed by atoms with van der Waals surface area (Å²) in [6.07, 6.45) is 3.10. The fraction of sp³-hybridized carbons (Fsp3) is 0.429. The van der Waals surface area contributed by atoms with Gasteiger partial charge in [0.15, 0.2) is 0 Å². The zero-order valence-corrected chi connectivity index (χ0v) is 22.1. The molecule has 0 unspecified atom stereocenters. The molecule has 3 aromatic rings. The van der Waals surface area contributed by atoms with E-state index in [-0.39, 0.29) is 17.5 Å². The van der Waals surface area contributed by atoms with Gasteiger partial charge in [0.2, 0.25) is 5.95 Å². The standard InChI is InChI=1S/C28H33N7O4/c1-3-24(36)34-10-9-33(22-6-4-5-19(2)25(22)34)23-15-20-16-29-28(30-21-17-39-18-21)31-26(20)35(27(23)37)8-7-32-11-13-38-14-12-32/h3-6,15-16,21H,1,7-14,17-18H2,2H3,(H,29,30,31). The lowest BCUT2D eigenvalue weighted by Gasteiger charge is -2.38. The number of ether oxygens (including phenoxy) is 2. The first kappa shape index (κ1) is 25.5. The third kappa shape index (κ3) is 4.88. The van der Waals surface area contributed by atoms with E-state index >= 15 is 0 Å². The number of para-hydroxylation sites is 1. The molecule has 204 valence electrons. The van der Waals surface area contributed by atoms with Crippen molar-refractivity contribution in [2.75, 3.05) is 74.3 Å². The van der Waals surface area contributed by atoms with Crippen LogP contribution >= 0.6 is 0 Å². The molecule has 1 amide bonds. The van der Waals surface area contributed by atoms with Crippen LogP contribution in [-0.2, 0) is 20.8 Å². The summed E-state index contributed by atoms with van der Waals surface area (Å²) in [4.78, 5) is 42.2. The molecule has 11 nitrogen and oxygen atoms in total. The predicted octanol–water partition coefficient (Wildman–Crippen LogP) is 1.91. The third-order valence-corrected chi connectivity index (χ3v) is 7.58. The summed E-state index contributed by atoms with van der Waals surface area (Å²) in [5.41, 5.74) is 3.59. The van der Waals surface area contributed by atoms with Crippen molar-refractivity contribution in [1.82, 2.24) is 19.4 Å². The summed E-state index contributed by atoms with van der Waals surface area (Å²) in [6.45, 7) is 12.0. The van der Waals surface area contributed by atoms with Crippen molar-refractivity contribution in [2.24, 2.45) is 0 Å². The van der Waals surface area contributed by atoms with Crippen molar-refractivity contribution >= 4 is 40.0 Å². The van der Waals surface area contributed by atoms with Gasteiger partial charge in [0.05, 0.1) is 43.8 Å². The molecule has 2 fully saturated rings. The van der Waals surface area contributed by atoms with Crippen LogP contribution in [0.4, 0.5) is 23.0 Å². The second kappa shape index (κ2) is 10.8. The Bertz CT molecular complexity index is 1460. The maximum atomic E-state index is 14.2. The van der Waals surface area contributed by atoms with Crippen molar-refractivity contribution in [3.05, 3.63) is 59.0 Å². The first-order valence-corrected chi connectivity index (χ1v) is 13.4. The Morgan fingerprint density at radius 3 is 2.69 bits per heavy atom. The fourth-order valence-corrected chi connectivity index (χ4v) is 5.41. The summed E-state index contributed by atoms with van der Waals surface area (Å²) in [7, 11) is 0. The maximum absolute atomic E-state index is 14.2. The van der Waals surface area contributed by atoms with E-state index < -0.39 is 0 Å². The number of nitrogens with one attached hydrogen (secondary N) is 1. The number of benzene rings is 1. The molecule has 11 heteroatoms. The van der Waals surface area contributed by atoms with E-state index in [1.165, 1.54) is 6.08 Å². The summed E-state index contributed by atoms with van der Waals surface area (Å²) < 4.78 is 12.5. The highest BCUT2D eigenvalue weighted by atomic mass is 16.5. The van der Waals surface area contributed by atoms with Gasteiger partial charge in [-0.05, 0) is 30.7 Å². The number of carbonyl (C=O) groups excluding carboxylic acids is 1. The Hall–Kier alpha value is -3.80. The smallest absolute Gasteiger partial charge is 0.276 e. The minimum Gasteiger partial charge on any atom is -0.379 e. The Labute approximate surface area is 226 Å². The van der Waals surface area contributed by atoms with Gasteiger partial charge >= 0.3 is 0 Å². The van der Waals surface area contributed by atoms with Gasteiger partial charge in [-0.3, -0.25) is 19.1 Å². The molecule has 0 aliphatic carbocycles. The average Bonchev–Trinajstić information content (AvgIpc) is 2.94. The maximum Gasteiger partial charge on any atom is 0.276 e. The number of rotatable bonds is 7. The molecule has 39 heavy (non-hydrogen) atoms. The number of hydrogen-bond donors (Lipinski definition) is 1. The molecule has 3 aliphatic rings. The van der Waals surface area contributed by atoms with E-state index in [0.717, 1.165) is 35.4 Å². The van der Waals surface area contributed by atoms with E-state index in [4.69, 9.17) is 14.5 Å². The van der Waals surface area contributed by atoms with Gasteiger partial charge in [-0.1, -0.05) is 18.7 Å². The highest BCUT2D eigenvalue weighted by molar-refractivity contribution is 6.05. The highest BCUT2D eigenvalue weighted by Crippen LogP contribution is 2.39. The third-order valence-electron chi connectivity index (χ3n) is 7.58. The summed E-state index contributed by atoms with van der Waals surface area (Å²) in [5.74, 6) is 0.331. The SMILES string of the molecule is C=CC(=O)N1CCN(c2cc3cnc(NC4COC4)nc3n(CCN3CCOCC3)c2=O)c2cccc(C)c21. The van der Waals surface area contributed by atoms with Crippen molar-refractivity contribution in [2.45, 2.75) is 19.5 Å². The summed E-state index contributed by atoms with van der Waals surface area (Å²) in [5, 5.41) is 4.07. The topological polar surface area (TPSA) is 105 Å². The molecule has 2 aromatic heterocycles. The quantitative estimate of drug-likeness (QED) is 0.458. The van der Waals surface area contributed by atoms with Crippen molar-refractivity contribution in [1.29, 1.82) is 0 Å². The van der Waals surface area contributed by atoms with E-state index in [2.05, 4.69) is 21.8 Å². The number of fused-ring (bicyclic) bond motifs is 2. The molecule has 0 spiro atoms. The number of morpholine rings is 1. The number of carbonyl (C=O) groups is 1. The number of pyridine rings is 1. The number of amides is 1. The molecule has 2 saturated heterocycles.